The summed E-state index contributed by atoms with van der Waals surface area (Å²) in [5.41, 5.74) is 2.62. The van der Waals surface area contributed by atoms with Gasteiger partial charge in [-0.25, -0.2) is 4.68 Å². The van der Waals surface area contributed by atoms with E-state index in [4.69, 9.17) is 4.74 Å². The summed E-state index contributed by atoms with van der Waals surface area (Å²) in [5, 5.41) is 4.36. The molecule has 2 heterocycles. The van der Waals surface area contributed by atoms with Crippen LogP contribution >= 0.6 is 0 Å². The van der Waals surface area contributed by atoms with Crippen LogP contribution in [0.2, 0.25) is 0 Å². The first-order valence-corrected chi connectivity index (χ1v) is 10.3. The van der Waals surface area contributed by atoms with Crippen LogP contribution in [0.25, 0.3) is 5.69 Å². The second-order valence-corrected chi connectivity index (χ2v) is 7.44. The molecule has 0 saturated carbocycles. The lowest BCUT2D eigenvalue weighted by Gasteiger charge is -2.23. The number of aromatic nitrogens is 2. The van der Waals surface area contributed by atoms with Crippen LogP contribution in [-0.4, -0.2) is 39.6 Å². The Kier molecular flexibility index (Phi) is 6.23. The highest BCUT2D eigenvalue weighted by atomic mass is 16.5. The fraction of sp³-hybridized carbons (Fsp3) is 0.292. The number of carbonyl (C=O) groups excluding carboxylic acids is 2. The molecule has 1 aliphatic rings. The van der Waals surface area contributed by atoms with Crippen molar-refractivity contribution < 1.29 is 14.3 Å². The lowest BCUT2D eigenvalue weighted by molar-refractivity contribution is -0.160. The summed E-state index contributed by atoms with van der Waals surface area (Å²) in [4.78, 5) is 27.3. The van der Waals surface area contributed by atoms with E-state index in [9.17, 15) is 9.59 Å². The fourth-order valence-electron chi connectivity index (χ4n) is 3.64. The van der Waals surface area contributed by atoms with E-state index in [-0.39, 0.29) is 18.3 Å². The van der Waals surface area contributed by atoms with E-state index in [0.717, 1.165) is 37.2 Å². The zero-order valence-corrected chi connectivity index (χ0v) is 16.8. The van der Waals surface area contributed by atoms with Gasteiger partial charge in [0, 0.05) is 31.3 Å². The number of likely N-dealkylation sites (tertiary alicyclic amines) is 1. The Morgan fingerprint density at radius 2 is 1.63 bits per heavy atom. The van der Waals surface area contributed by atoms with Crippen LogP contribution in [0.4, 0.5) is 0 Å². The highest BCUT2D eigenvalue weighted by Gasteiger charge is 2.30. The van der Waals surface area contributed by atoms with Crippen molar-refractivity contribution in [2.45, 2.75) is 31.8 Å². The molecule has 1 fully saturated rings. The summed E-state index contributed by atoms with van der Waals surface area (Å²) in [6.07, 6.45) is 5.46. The number of benzene rings is 2. The molecule has 0 radical (unpaired) electrons. The van der Waals surface area contributed by atoms with Crippen molar-refractivity contribution in [1.29, 1.82) is 0 Å². The first-order chi connectivity index (χ1) is 14.7. The molecule has 6 heteroatoms. The van der Waals surface area contributed by atoms with Gasteiger partial charge < -0.3 is 9.64 Å². The smallest absolute Gasteiger partial charge is 0.307 e. The van der Waals surface area contributed by atoms with E-state index < -0.39 is 6.10 Å². The standard InChI is InChI=1S/C24H25N3O3/c28-22(14-13-19-17-25-27(18-19)21-11-5-2-6-12-21)30-23(20-9-3-1-4-10-20)24(29)26-15-7-8-16-26/h1-6,9-12,17-18,23H,7-8,13-16H2. The van der Waals surface area contributed by atoms with Gasteiger partial charge >= 0.3 is 5.97 Å². The van der Waals surface area contributed by atoms with Gasteiger partial charge in [-0.05, 0) is 37.0 Å². The molecule has 1 unspecified atom stereocenters. The molecule has 6 nitrogen and oxygen atoms in total. The van der Waals surface area contributed by atoms with Crippen LogP contribution in [0, 0.1) is 0 Å². The number of para-hydroxylation sites is 1. The van der Waals surface area contributed by atoms with Gasteiger partial charge in [-0.15, -0.1) is 0 Å². The summed E-state index contributed by atoms with van der Waals surface area (Å²) in [6.45, 7) is 1.44. The van der Waals surface area contributed by atoms with Crippen molar-refractivity contribution in [2.75, 3.05) is 13.1 Å². The molecule has 4 rings (SSSR count). The maximum atomic E-state index is 13.0. The SMILES string of the molecule is O=C(CCc1cnn(-c2ccccc2)c1)OC(C(=O)N1CCCC1)c1ccccc1. The predicted molar refractivity (Wildman–Crippen MR) is 113 cm³/mol. The topological polar surface area (TPSA) is 64.4 Å². The molecule has 0 aliphatic carbocycles. The number of carbonyl (C=O) groups is 2. The molecule has 1 aliphatic heterocycles. The Morgan fingerprint density at radius 3 is 2.33 bits per heavy atom. The number of esters is 1. The Morgan fingerprint density at radius 1 is 0.967 bits per heavy atom. The average molecular weight is 403 g/mol. The number of nitrogens with zero attached hydrogens (tertiary/aromatic N) is 3. The molecule has 0 spiro atoms. The van der Waals surface area contributed by atoms with Crippen LogP contribution in [0.3, 0.4) is 0 Å². The summed E-state index contributed by atoms with van der Waals surface area (Å²) in [7, 11) is 0. The minimum Gasteiger partial charge on any atom is -0.447 e. The summed E-state index contributed by atoms with van der Waals surface area (Å²) in [6, 6.07) is 19.1. The maximum Gasteiger partial charge on any atom is 0.307 e. The Bertz CT molecular complexity index is 979. The molecule has 1 aromatic heterocycles. The molecule has 1 amide bonds. The second kappa shape index (κ2) is 9.39. The van der Waals surface area contributed by atoms with Gasteiger partial charge in [-0.2, -0.15) is 5.10 Å². The molecule has 0 bridgehead atoms. The van der Waals surface area contributed by atoms with Crippen molar-refractivity contribution in [3.63, 3.8) is 0 Å². The zero-order chi connectivity index (χ0) is 20.8. The number of aryl methyl sites for hydroxylation is 1. The van der Waals surface area contributed by atoms with Gasteiger partial charge in [-0.3, -0.25) is 9.59 Å². The van der Waals surface area contributed by atoms with E-state index in [1.54, 1.807) is 15.8 Å². The van der Waals surface area contributed by atoms with Crippen molar-refractivity contribution in [3.8, 4) is 5.69 Å². The van der Waals surface area contributed by atoms with Gasteiger partial charge in [-0.1, -0.05) is 48.5 Å². The van der Waals surface area contributed by atoms with Crippen molar-refractivity contribution >= 4 is 11.9 Å². The number of ether oxygens (including phenoxy) is 1. The van der Waals surface area contributed by atoms with Gasteiger partial charge in [0.25, 0.3) is 5.91 Å². The second-order valence-electron chi connectivity index (χ2n) is 7.44. The number of amides is 1. The first kappa shape index (κ1) is 19.9. The molecule has 2 aromatic carbocycles. The highest BCUT2D eigenvalue weighted by Crippen LogP contribution is 2.23. The largest absolute Gasteiger partial charge is 0.447 e. The van der Waals surface area contributed by atoms with Crippen molar-refractivity contribution in [1.82, 2.24) is 14.7 Å². The lowest BCUT2D eigenvalue weighted by atomic mass is 10.1. The van der Waals surface area contributed by atoms with Gasteiger partial charge in [0.1, 0.15) is 0 Å². The number of hydrogen-bond acceptors (Lipinski definition) is 4. The van der Waals surface area contributed by atoms with E-state index in [1.165, 1.54) is 0 Å². The first-order valence-electron chi connectivity index (χ1n) is 10.3. The molecular weight excluding hydrogens is 378 g/mol. The van der Waals surface area contributed by atoms with Crippen LogP contribution in [0.15, 0.2) is 73.1 Å². The predicted octanol–water partition coefficient (Wildman–Crippen LogP) is 3.71. The quantitative estimate of drug-likeness (QED) is 0.564. The Labute approximate surface area is 176 Å². The van der Waals surface area contributed by atoms with Gasteiger partial charge in [0.15, 0.2) is 0 Å². The maximum absolute atomic E-state index is 13.0. The molecule has 30 heavy (non-hydrogen) atoms. The molecule has 0 N–H and O–H groups in total. The lowest BCUT2D eigenvalue weighted by Crippen LogP contribution is -2.34. The van der Waals surface area contributed by atoms with Gasteiger partial charge in [0.05, 0.1) is 11.9 Å². The molecule has 154 valence electrons. The number of hydrogen-bond donors (Lipinski definition) is 0. The minimum absolute atomic E-state index is 0.135. The summed E-state index contributed by atoms with van der Waals surface area (Å²) in [5.74, 6) is -0.521. The van der Waals surface area contributed by atoms with Crippen LogP contribution in [-0.2, 0) is 20.7 Å². The molecular formula is C24H25N3O3. The molecule has 1 saturated heterocycles. The monoisotopic (exact) mass is 403 g/mol. The van der Waals surface area contributed by atoms with E-state index in [0.29, 0.717) is 12.0 Å². The highest BCUT2D eigenvalue weighted by molar-refractivity contribution is 5.85. The summed E-state index contributed by atoms with van der Waals surface area (Å²) >= 11 is 0. The Balaban J connectivity index is 1.39. The van der Waals surface area contributed by atoms with Gasteiger partial charge in [0.2, 0.25) is 6.10 Å². The van der Waals surface area contributed by atoms with E-state index >= 15 is 0 Å². The normalized spacial score (nSPS) is 14.5. The fourth-order valence-corrected chi connectivity index (χ4v) is 3.64. The molecule has 3 aromatic rings. The molecule has 1 atom stereocenters. The van der Waals surface area contributed by atoms with E-state index in [1.807, 2.05) is 66.9 Å². The van der Waals surface area contributed by atoms with Crippen LogP contribution in [0.5, 0.6) is 0 Å². The summed E-state index contributed by atoms with van der Waals surface area (Å²) < 4.78 is 7.45. The Hall–Kier alpha value is -3.41. The third kappa shape index (κ3) is 4.76. The average Bonchev–Trinajstić information content (AvgIpc) is 3.49. The zero-order valence-electron chi connectivity index (χ0n) is 16.8. The third-order valence-electron chi connectivity index (χ3n) is 5.27. The van der Waals surface area contributed by atoms with E-state index in [2.05, 4.69) is 5.10 Å². The van der Waals surface area contributed by atoms with Crippen LogP contribution in [0.1, 0.15) is 36.5 Å². The van der Waals surface area contributed by atoms with Crippen LogP contribution < -0.4 is 0 Å². The number of rotatable bonds is 7. The van der Waals surface area contributed by atoms with Crippen molar-refractivity contribution in [3.05, 3.63) is 84.2 Å². The third-order valence-corrected chi connectivity index (χ3v) is 5.27. The minimum atomic E-state index is -0.885. The van der Waals surface area contributed by atoms with Crippen molar-refractivity contribution in [2.24, 2.45) is 0 Å².